The van der Waals surface area contributed by atoms with Crippen LogP contribution in [0.2, 0.25) is 10.0 Å². The van der Waals surface area contributed by atoms with Gasteiger partial charge in [-0.05, 0) is 24.1 Å². The Labute approximate surface area is 96.8 Å². The smallest absolute Gasteiger partial charge is 0.303 e. The SMILES string of the molecule is N#Cc1cc(Cl)c(CCC(=O)O)cc1Cl. The van der Waals surface area contributed by atoms with Gasteiger partial charge >= 0.3 is 5.97 Å². The number of carbonyl (C=O) groups is 1. The van der Waals surface area contributed by atoms with Gasteiger partial charge in [0, 0.05) is 11.4 Å². The molecule has 0 atom stereocenters. The molecule has 1 N–H and O–H groups in total. The van der Waals surface area contributed by atoms with E-state index in [1.165, 1.54) is 12.1 Å². The highest BCUT2D eigenvalue weighted by Crippen LogP contribution is 2.25. The number of nitrogens with zero attached hydrogens (tertiary/aromatic N) is 1. The Balaban J connectivity index is 2.96. The number of carboxylic acids is 1. The largest absolute Gasteiger partial charge is 0.481 e. The fourth-order valence-corrected chi connectivity index (χ4v) is 1.59. The first kappa shape index (κ1) is 11.8. The van der Waals surface area contributed by atoms with Gasteiger partial charge in [-0.2, -0.15) is 5.26 Å². The van der Waals surface area contributed by atoms with Crippen LogP contribution in [0.4, 0.5) is 0 Å². The van der Waals surface area contributed by atoms with Crippen molar-refractivity contribution in [3.63, 3.8) is 0 Å². The topological polar surface area (TPSA) is 61.1 Å². The average Bonchev–Trinajstić information content (AvgIpc) is 2.18. The summed E-state index contributed by atoms with van der Waals surface area (Å²) < 4.78 is 0. The predicted molar refractivity (Wildman–Crippen MR) is 57.1 cm³/mol. The fourth-order valence-electron chi connectivity index (χ4n) is 1.11. The minimum absolute atomic E-state index is 0.0120. The van der Waals surface area contributed by atoms with Crippen LogP contribution in [0.3, 0.4) is 0 Å². The van der Waals surface area contributed by atoms with Crippen molar-refractivity contribution in [1.29, 1.82) is 5.26 Å². The van der Waals surface area contributed by atoms with Crippen molar-refractivity contribution in [3.8, 4) is 6.07 Å². The van der Waals surface area contributed by atoms with Crippen molar-refractivity contribution in [1.82, 2.24) is 0 Å². The maximum atomic E-state index is 10.4. The van der Waals surface area contributed by atoms with Crippen LogP contribution in [0.1, 0.15) is 17.5 Å². The van der Waals surface area contributed by atoms with E-state index in [0.717, 1.165) is 0 Å². The molecule has 0 radical (unpaired) electrons. The summed E-state index contributed by atoms with van der Waals surface area (Å²) in [6, 6.07) is 4.87. The third-order valence-corrected chi connectivity index (χ3v) is 2.53. The molecule has 0 spiro atoms. The van der Waals surface area contributed by atoms with E-state index in [0.29, 0.717) is 27.6 Å². The molecule has 78 valence electrons. The maximum Gasteiger partial charge on any atom is 0.303 e. The maximum absolute atomic E-state index is 10.4. The molecule has 0 aromatic heterocycles. The zero-order valence-corrected chi connectivity index (χ0v) is 9.14. The fraction of sp³-hybridized carbons (Fsp3) is 0.200. The molecule has 15 heavy (non-hydrogen) atoms. The van der Waals surface area contributed by atoms with Crippen molar-refractivity contribution in [2.75, 3.05) is 0 Å². The zero-order valence-electron chi connectivity index (χ0n) is 7.63. The molecule has 3 nitrogen and oxygen atoms in total. The van der Waals surface area contributed by atoms with E-state index in [9.17, 15) is 4.79 Å². The highest BCUT2D eigenvalue weighted by atomic mass is 35.5. The molecule has 0 heterocycles. The number of aryl methyl sites for hydroxylation is 1. The first-order valence-electron chi connectivity index (χ1n) is 4.14. The molecule has 0 saturated carbocycles. The molecule has 0 fully saturated rings. The van der Waals surface area contributed by atoms with Crippen LogP contribution in [0.5, 0.6) is 0 Å². The van der Waals surface area contributed by atoms with Crippen LogP contribution in [-0.4, -0.2) is 11.1 Å². The molecule has 1 aromatic rings. The molecule has 0 amide bonds. The summed E-state index contributed by atoms with van der Waals surface area (Å²) in [5.74, 6) is -0.897. The molecule has 0 aliphatic rings. The number of aliphatic carboxylic acids is 1. The van der Waals surface area contributed by atoms with Gasteiger partial charge in [-0.1, -0.05) is 23.2 Å². The van der Waals surface area contributed by atoms with E-state index in [1.54, 1.807) is 0 Å². The lowest BCUT2D eigenvalue weighted by molar-refractivity contribution is -0.136. The Hall–Kier alpha value is -1.24. The van der Waals surface area contributed by atoms with Crippen molar-refractivity contribution < 1.29 is 9.90 Å². The second-order valence-electron chi connectivity index (χ2n) is 2.93. The Morgan fingerprint density at radius 1 is 1.40 bits per heavy atom. The quantitative estimate of drug-likeness (QED) is 0.889. The number of hydrogen-bond acceptors (Lipinski definition) is 2. The van der Waals surface area contributed by atoms with E-state index in [-0.39, 0.29) is 6.42 Å². The molecule has 0 bridgehead atoms. The second kappa shape index (κ2) is 5.01. The summed E-state index contributed by atoms with van der Waals surface area (Å²) in [6.07, 6.45) is 0.293. The van der Waals surface area contributed by atoms with E-state index in [1.807, 2.05) is 6.07 Å². The molecule has 0 saturated heterocycles. The number of halogens is 2. The van der Waals surface area contributed by atoms with E-state index < -0.39 is 5.97 Å². The van der Waals surface area contributed by atoms with Crippen LogP contribution >= 0.6 is 23.2 Å². The average molecular weight is 244 g/mol. The summed E-state index contributed by atoms with van der Waals surface area (Å²) in [5.41, 5.74) is 0.934. The van der Waals surface area contributed by atoms with Crippen LogP contribution in [0.15, 0.2) is 12.1 Å². The van der Waals surface area contributed by atoms with E-state index in [2.05, 4.69) is 0 Å². The molecular weight excluding hydrogens is 237 g/mol. The Morgan fingerprint density at radius 3 is 2.60 bits per heavy atom. The van der Waals surface area contributed by atoms with Gasteiger partial charge < -0.3 is 5.11 Å². The summed E-state index contributed by atoms with van der Waals surface area (Å²) in [7, 11) is 0. The Morgan fingerprint density at radius 2 is 2.07 bits per heavy atom. The van der Waals surface area contributed by atoms with Gasteiger partial charge in [0.15, 0.2) is 0 Å². The summed E-state index contributed by atoms with van der Waals surface area (Å²) in [6.45, 7) is 0. The number of rotatable bonds is 3. The van der Waals surface area contributed by atoms with Crippen LogP contribution in [-0.2, 0) is 11.2 Å². The molecule has 1 rings (SSSR count). The second-order valence-corrected chi connectivity index (χ2v) is 3.74. The van der Waals surface area contributed by atoms with Crippen LogP contribution < -0.4 is 0 Å². The number of hydrogen-bond donors (Lipinski definition) is 1. The van der Waals surface area contributed by atoms with Gasteiger partial charge in [0.25, 0.3) is 0 Å². The molecule has 0 unspecified atom stereocenters. The molecule has 0 aliphatic heterocycles. The van der Waals surface area contributed by atoms with Gasteiger partial charge in [-0.3, -0.25) is 4.79 Å². The van der Waals surface area contributed by atoms with Gasteiger partial charge in [0.1, 0.15) is 6.07 Å². The first-order valence-corrected chi connectivity index (χ1v) is 4.90. The molecule has 1 aromatic carbocycles. The van der Waals surface area contributed by atoms with Gasteiger partial charge in [0.05, 0.1) is 10.6 Å². The summed E-state index contributed by atoms with van der Waals surface area (Å²) in [5, 5.41) is 17.8. The number of nitriles is 1. The highest BCUT2D eigenvalue weighted by Gasteiger charge is 2.08. The van der Waals surface area contributed by atoms with Gasteiger partial charge in [0.2, 0.25) is 0 Å². The predicted octanol–water partition coefficient (Wildman–Crippen LogP) is 2.88. The Bertz CT molecular complexity index is 438. The standard InChI is InChI=1S/C10H7Cl2NO2/c11-8-4-7(5-13)9(12)3-6(8)1-2-10(14)15/h3-4H,1-2H2,(H,14,15). The van der Waals surface area contributed by atoms with Crippen molar-refractivity contribution in [2.45, 2.75) is 12.8 Å². The summed E-state index contributed by atoms with van der Waals surface area (Å²) >= 11 is 11.6. The lowest BCUT2D eigenvalue weighted by Gasteiger charge is -2.04. The van der Waals surface area contributed by atoms with Crippen LogP contribution in [0.25, 0.3) is 0 Å². The third-order valence-electron chi connectivity index (χ3n) is 1.86. The summed E-state index contributed by atoms with van der Waals surface area (Å²) in [4.78, 5) is 10.4. The lowest BCUT2D eigenvalue weighted by Crippen LogP contribution is -1.98. The van der Waals surface area contributed by atoms with Crippen molar-refractivity contribution in [2.24, 2.45) is 0 Å². The first-order chi connectivity index (χ1) is 7.04. The number of benzene rings is 1. The lowest BCUT2D eigenvalue weighted by atomic mass is 10.1. The third kappa shape index (κ3) is 3.12. The van der Waals surface area contributed by atoms with Crippen molar-refractivity contribution in [3.05, 3.63) is 33.3 Å². The zero-order chi connectivity index (χ0) is 11.4. The molecule has 0 aliphatic carbocycles. The normalized spacial score (nSPS) is 9.67. The Kier molecular flexibility index (Phi) is 3.96. The van der Waals surface area contributed by atoms with Crippen LogP contribution in [0, 0.1) is 11.3 Å². The number of carboxylic acid groups (broad SMARTS) is 1. The van der Waals surface area contributed by atoms with E-state index in [4.69, 9.17) is 33.6 Å². The van der Waals surface area contributed by atoms with Crippen molar-refractivity contribution >= 4 is 29.2 Å². The minimum Gasteiger partial charge on any atom is -0.481 e. The minimum atomic E-state index is -0.897. The molecule has 5 heteroatoms. The van der Waals surface area contributed by atoms with Gasteiger partial charge in [-0.25, -0.2) is 0 Å². The molecular formula is C10H7Cl2NO2. The van der Waals surface area contributed by atoms with E-state index >= 15 is 0 Å². The monoisotopic (exact) mass is 243 g/mol. The highest BCUT2D eigenvalue weighted by molar-refractivity contribution is 6.34. The van der Waals surface area contributed by atoms with Gasteiger partial charge in [-0.15, -0.1) is 0 Å².